The molecule has 0 amide bonds. The average Bonchev–Trinajstić information content (AvgIpc) is 2.71. The third kappa shape index (κ3) is 2.44. The summed E-state index contributed by atoms with van der Waals surface area (Å²) in [5, 5.41) is 8.15. The molecule has 1 saturated heterocycles. The Hall–Kier alpha value is -1.27. The van der Waals surface area contributed by atoms with Crippen molar-refractivity contribution >= 4 is 23.0 Å². The Labute approximate surface area is 113 Å². The van der Waals surface area contributed by atoms with Crippen molar-refractivity contribution in [2.24, 2.45) is 11.7 Å². The molecule has 0 radical (unpaired) electrons. The molecular formula is C12H19N5S. The van der Waals surface area contributed by atoms with Crippen molar-refractivity contribution in [1.82, 2.24) is 15.1 Å². The van der Waals surface area contributed by atoms with Crippen LogP contribution in [0.5, 0.6) is 0 Å². The lowest BCUT2D eigenvalue weighted by Crippen LogP contribution is -2.34. The van der Waals surface area contributed by atoms with Crippen molar-refractivity contribution in [2.45, 2.75) is 13.0 Å². The summed E-state index contributed by atoms with van der Waals surface area (Å²) >= 11 is 5.07. The van der Waals surface area contributed by atoms with E-state index in [2.05, 4.69) is 41.0 Å². The summed E-state index contributed by atoms with van der Waals surface area (Å²) in [6.07, 6.45) is 1.63. The topological polar surface area (TPSA) is 58.3 Å². The molecule has 0 spiro atoms. The van der Waals surface area contributed by atoms with Gasteiger partial charge < -0.3 is 15.5 Å². The predicted molar refractivity (Wildman–Crippen MR) is 76.8 cm³/mol. The van der Waals surface area contributed by atoms with Crippen molar-refractivity contribution in [1.29, 1.82) is 0 Å². The van der Waals surface area contributed by atoms with Gasteiger partial charge in [0.1, 0.15) is 4.99 Å². The molecule has 98 valence electrons. The lowest BCUT2D eigenvalue weighted by molar-refractivity contribution is 0.266. The van der Waals surface area contributed by atoms with E-state index in [9.17, 15) is 0 Å². The van der Waals surface area contributed by atoms with E-state index in [-0.39, 0.29) is 0 Å². The fourth-order valence-corrected chi connectivity index (χ4v) is 2.70. The molecule has 0 saturated carbocycles. The number of aromatic nitrogens is 2. The number of likely N-dealkylation sites (N-methyl/N-ethyl adjacent to an activating group) is 1. The first kappa shape index (κ1) is 13.2. The molecule has 2 atom stereocenters. The molecule has 18 heavy (non-hydrogen) atoms. The van der Waals surface area contributed by atoms with E-state index in [1.54, 1.807) is 6.20 Å². The van der Waals surface area contributed by atoms with E-state index in [0.717, 1.165) is 24.5 Å². The van der Waals surface area contributed by atoms with E-state index < -0.39 is 0 Å². The molecule has 0 aliphatic carbocycles. The van der Waals surface area contributed by atoms with Gasteiger partial charge in [0, 0.05) is 19.1 Å². The number of nitrogens with zero attached hydrogens (tertiary/aromatic N) is 4. The van der Waals surface area contributed by atoms with Crippen molar-refractivity contribution in [2.75, 3.05) is 32.1 Å². The Kier molecular flexibility index (Phi) is 3.77. The van der Waals surface area contributed by atoms with Crippen LogP contribution in [0.15, 0.2) is 12.3 Å². The summed E-state index contributed by atoms with van der Waals surface area (Å²) in [4.78, 5) is 4.85. The predicted octanol–water partition coefficient (Wildman–Crippen LogP) is 0.497. The molecule has 5 nitrogen and oxygen atoms in total. The molecular weight excluding hydrogens is 246 g/mol. The normalized spacial score (nSPS) is 23.7. The van der Waals surface area contributed by atoms with E-state index in [4.69, 9.17) is 18.0 Å². The molecule has 2 heterocycles. The minimum absolute atomic E-state index is 0.376. The molecule has 2 N–H and O–H groups in total. The average molecular weight is 265 g/mol. The maximum absolute atomic E-state index is 5.74. The summed E-state index contributed by atoms with van der Waals surface area (Å²) in [7, 11) is 4.21. The number of thiocarbonyl (C=S) groups is 1. The molecule has 6 heteroatoms. The lowest BCUT2D eigenvalue weighted by atomic mass is 10.1. The first-order valence-corrected chi connectivity index (χ1v) is 6.44. The highest BCUT2D eigenvalue weighted by Crippen LogP contribution is 2.26. The Morgan fingerprint density at radius 1 is 1.50 bits per heavy atom. The third-order valence-corrected chi connectivity index (χ3v) is 3.72. The van der Waals surface area contributed by atoms with Crippen LogP contribution in [0, 0.1) is 5.92 Å². The van der Waals surface area contributed by atoms with Crippen LogP contribution in [-0.2, 0) is 0 Å². The van der Waals surface area contributed by atoms with Crippen molar-refractivity contribution in [3.05, 3.63) is 17.8 Å². The summed E-state index contributed by atoms with van der Waals surface area (Å²) in [5.74, 6) is 1.39. The van der Waals surface area contributed by atoms with Gasteiger partial charge in [0.25, 0.3) is 0 Å². The lowest BCUT2D eigenvalue weighted by Gasteiger charge is -2.23. The fraction of sp³-hybridized carbons (Fsp3) is 0.583. The van der Waals surface area contributed by atoms with E-state index in [0.29, 0.717) is 16.9 Å². The van der Waals surface area contributed by atoms with Gasteiger partial charge in [0.15, 0.2) is 5.82 Å². The van der Waals surface area contributed by atoms with Crippen LogP contribution in [0.2, 0.25) is 0 Å². The summed E-state index contributed by atoms with van der Waals surface area (Å²) in [6, 6.07) is 2.35. The molecule has 1 aromatic rings. The maximum Gasteiger partial charge on any atom is 0.161 e. The largest absolute Gasteiger partial charge is 0.389 e. The van der Waals surface area contributed by atoms with Crippen LogP contribution in [0.4, 0.5) is 5.82 Å². The quantitative estimate of drug-likeness (QED) is 0.803. The minimum atomic E-state index is 0.376. The summed E-state index contributed by atoms with van der Waals surface area (Å²) < 4.78 is 0. The van der Waals surface area contributed by atoms with E-state index in [1.807, 2.05) is 6.07 Å². The van der Waals surface area contributed by atoms with Crippen LogP contribution < -0.4 is 10.6 Å². The first-order valence-electron chi connectivity index (χ1n) is 6.03. The number of anilines is 1. The molecule has 1 fully saturated rings. The first-order chi connectivity index (χ1) is 8.50. The van der Waals surface area contributed by atoms with Crippen molar-refractivity contribution in [3.63, 3.8) is 0 Å². The SMILES string of the molecule is CC1CN(c2nnccc2C(N)=S)CC1N(C)C. The molecule has 1 aliphatic rings. The molecule has 1 aromatic heterocycles. The number of hydrogen-bond donors (Lipinski definition) is 1. The molecule has 0 bridgehead atoms. The standard InChI is InChI=1S/C12H19N5S/c1-8-6-17(7-10(8)16(2)3)12-9(11(13)18)4-5-14-15-12/h4-5,8,10H,6-7H2,1-3H3,(H2,13,18). The Balaban J connectivity index is 2.26. The fourth-order valence-electron chi connectivity index (χ4n) is 2.54. The van der Waals surface area contributed by atoms with Gasteiger partial charge >= 0.3 is 0 Å². The van der Waals surface area contributed by atoms with Gasteiger partial charge in [0.05, 0.1) is 11.8 Å². The Bertz CT molecular complexity index is 448. The van der Waals surface area contributed by atoms with Crippen LogP contribution in [-0.4, -0.2) is 53.3 Å². The monoisotopic (exact) mass is 265 g/mol. The van der Waals surface area contributed by atoms with Gasteiger partial charge in [-0.25, -0.2) is 0 Å². The van der Waals surface area contributed by atoms with Crippen molar-refractivity contribution in [3.8, 4) is 0 Å². The van der Waals surface area contributed by atoms with Gasteiger partial charge in [-0.1, -0.05) is 19.1 Å². The van der Waals surface area contributed by atoms with E-state index in [1.165, 1.54) is 0 Å². The second-order valence-corrected chi connectivity index (χ2v) is 5.49. The van der Waals surface area contributed by atoms with Crippen LogP contribution in [0.3, 0.4) is 0 Å². The maximum atomic E-state index is 5.74. The Morgan fingerprint density at radius 3 is 2.78 bits per heavy atom. The zero-order chi connectivity index (χ0) is 13.3. The van der Waals surface area contributed by atoms with Crippen molar-refractivity contribution < 1.29 is 0 Å². The van der Waals surface area contributed by atoms with Gasteiger partial charge in [-0.15, -0.1) is 5.10 Å². The van der Waals surface area contributed by atoms with Crippen LogP contribution >= 0.6 is 12.2 Å². The molecule has 1 aliphatic heterocycles. The molecule has 2 rings (SSSR count). The zero-order valence-corrected chi connectivity index (χ0v) is 11.8. The van der Waals surface area contributed by atoms with Crippen LogP contribution in [0.25, 0.3) is 0 Å². The number of rotatable bonds is 3. The van der Waals surface area contributed by atoms with Gasteiger partial charge in [-0.05, 0) is 26.1 Å². The summed E-state index contributed by atoms with van der Waals surface area (Å²) in [6.45, 7) is 4.14. The molecule has 0 aromatic carbocycles. The van der Waals surface area contributed by atoms with Crippen LogP contribution in [0.1, 0.15) is 12.5 Å². The highest BCUT2D eigenvalue weighted by molar-refractivity contribution is 7.80. The highest BCUT2D eigenvalue weighted by Gasteiger charge is 2.32. The highest BCUT2D eigenvalue weighted by atomic mass is 32.1. The second kappa shape index (κ2) is 5.16. The zero-order valence-electron chi connectivity index (χ0n) is 11.0. The van der Waals surface area contributed by atoms with Gasteiger partial charge in [-0.2, -0.15) is 5.10 Å². The van der Waals surface area contributed by atoms with E-state index >= 15 is 0 Å². The van der Waals surface area contributed by atoms with Gasteiger partial charge in [0.2, 0.25) is 0 Å². The molecule has 2 unspecified atom stereocenters. The summed E-state index contributed by atoms with van der Waals surface area (Å²) in [5.41, 5.74) is 6.55. The second-order valence-electron chi connectivity index (χ2n) is 5.05. The Morgan fingerprint density at radius 2 is 2.22 bits per heavy atom. The number of nitrogens with two attached hydrogens (primary N) is 1. The minimum Gasteiger partial charge on any atom is -0.389 e. The smallest absolute Gasteiger partial charge is 0.161 e. The van der Waals surface area contributed by atoms with Gasteiger partial charge in [-0.3, -0.25) is 0 Å². The third-order valence-electron chi connectivity index (χ3n) is 3.50. The number of hydrogen-bond acceptors (Lipinski definition) is 5.